The van der Waals surface area contributed by atoms with Crippen LogP contribution in [0.15, 0.2) is 36.5 Å². The summed E-state index contributed by atoms with van der Waals surface area (Å²) in [5.74, 6) is -0.214. The van der Waals surface area contributed by atoms with Crippen molar-refractivity contribution >= 4 is 11.7 Å². The summed E-state index contributed by atoms with van der Waals surface area (Å²) in [4.78, 5) is 15.8. The van der Waals surface area contributed by atoms with Gasteiger partial charge in [0.2, 0.25) is 0 Å². The van der Waals surface area contributed by atoms with Gasteiger partial charge in [-0.15, -0.1) is 0 Å². The quantitative estimate of drug-likeness (QED) is 0.910. The first-order valence-corrected chi connectivity index (χ1v) is 7.59. The topological polar surface area (TPSA) is 35.6 Å². The average Bonchev–Trinajstić information content (AvgIpc) is 2.46. The van der Waals surface area contributed by atoms with Gasteiger partial charge in [-0.1, -0.05) is 39.0 Å². The van der Waals surface area contributed by atoms with Crippen LogP contribution >= 0.6 is 0 Å². The van der Waals surface area contributed by atoms with Crippen molar-refractivity contribution in [1.29, 1.82) is 0 Å². The maximum atomic E-state index is 13.8. The zero-order valence-electron chi connectivity index (χ0n) is 13.5. The largest absolute Gasteiger partial charge is 0.366 e. The van der Waals surface area contributed by atoms with E-state index in [2.05, 4.69) is 26.1 Å². The molecule has 1 aliphatic heterocycles. The third-order valence-corrected chi connectivity index (χ3v) is 3.55. The van der Waals surface area contributed by atoms with E-state index in [-0.39, 0.29) is 17.3 Å². The van der Waals surface area contributed by atoms with Crippen LogP contribution in [0.1, 0.15) is 20.8 Å². The summed E-state index contributed by atoms with van der Waals surface area (Å²) >= 11 is 0. The van der Waals surface area contributed by atoms with Gasteiger partial charge in [-0.3, -0.25) is 0 Å². The van der Waals surface area contributed by atoms with Crippen LogP contribution in [-0.4, -0.2) is 37.1 Å². The molecule has 2 amide bonds. The third-order valence-electron chi connectivity index (χ3n) is 3.55. The molecule has 0 spiro atoms. The highest BCUT2D eigenvalue weighted by atomic mass is 19.1. The van der Waals surface area contributed by atoms with Crippen molar-refractivity contribution in [2.45, 2.75) is 20.8 Å². The maximum absolute atomic E-state index is 13.8. The van der Waals surface area contributed by atoms with Crippen LogP contribution in [0.3, 0.4) is 0 Å². The number of carbonyl (C=O) groups excluding carboxylic acids is 1. The summed E-state index contributed by atoms with van der Waals surface area (Å²) < 4.78 is 13.8. The lowest BCUT2D eigenvalue weighted by atomic mass is 9.97. The van der Waals surface area contributed by atoms with Crippen molar-refractivity contribution in [2.75, 3.05) is 31.1 Å². The number of amides is 2. The lowest BCUT2D eigenvalue weighted by Crippen LogP contribution is -2.51. The van der Waals surface area contributed by atoms with Crippen LogP contribution in [0, 0.1) is 11.2 Å². The molecular formula is C17H24FN3O. The molecule has 0 bridgehead atoms. The smallest absolute Gasteiger partial charge is 0.321 e. The number of benzene rings is 1. The molecule has 1 aromatic rings. The number of rotatable bonds is 2. The molecule has 1 aromatic carbocycles. The van der Waals surface area contributed by atoms with Crippen LogP contribution < -0.4 is 10.2 Å². The van der Waals surface area contributed by atoms with E-state index in [1.807, 2.05) is 17.0 Å². The minimum absolute atomic E-state index is 0.0385. The number of carbonyl (C=O) groups is 1. The normalized spacial score (nSPS) is 16.2. The Kier molecular flexibility index (Phi) is 5.06. The summed E-state index contributed by atoms with van der Waals surface area (Å²) in [6.07, 6.45) is 3.66. The van der Waals surface area contributed by atoms with Crippen molar-refractivity contribution in [3.63, 3.8) is 0 Å². The number of urea groups is 1. The molecular weight excluding hydrogens is 281 g/mol. The molecule has 0 radical (unpaired) electrons. The number of allylic oxidation sites excluding steroid dienone is 1. The Balaban J connectivity index is 1.86. The molecule has 4 nitrogen and oxygen atoms in total. The van der Waals surface area contributed by atoms with Gasteiger partial charge in [-0.05, 0) is 17.5 Å². The minimum Gasteiger partial charge on any atom is -0.366 e. The first-order valence-electron chi connectivity index (χ1n) is 7.59. The van der Waals surface area contributed by atoms with E-state index >= 15 is 0 Å². The number of para-hydroxylation sites is 1. The van der Waals surface area contributed by atoms with Gasteiger partial charge < -0.3 is 15.1 Å². The Morgan fingerprint density at radius 3 is 2.41 bits per heavy atom. The fraction of sp³-hybridized carbons (Fsp3) is 0.471. The zero-order chi connectivity index (χ0) is 16.2. The van der Waals surface area contributed by atoms with Gasteiger partial charge >= 0.3 is 6.03 Å². The van der Waals surface area contributed by atoms with Crippen LogP contribution in [0.2, 0.25) is 0 Å². The van der Waals surface area contributed by atoms with Crippen molar-refractivity contribution in [2.24, 2.45) is 5.41 Å². The molecule has 2 rings (SSSR count). The average molecular weight is 305 g/mol. The molecule has 1 N–H and O–H groups in total. The summed E-state index contributed by atoms with van der Waals surface area (Å²) in [5.41, 5.74) is 0.645. The Bertz CT molecular complexity index is 543. The number of nitrogens with zero attached hydrogens (tertiary/aromatic N) is 2. The highest BCUT2D eigenvalue weighted by molar-refractivity contribution is 5.75. The molecule has 5 heteroatoms. The monoisotopic (exact) mass is 305 g/mol. The van der Waals surface area contributed by atoms with Crippen LogP contribution in [0.25, 0.3) is 0 Å². The fourth-order valence-corrected chi connectivity index (χ4v) is 2.31. The van der Waals surface area contributed by atoms with E-state index in [9.17, 15) is 9.18 Å². The Hall–Kier alpha value is -2.04. The Labute approximate surface area is 131 Å². The van der Waals surface area contributed by atoms with Gasteiger partial charge in [0.1, 0.15) is 5.82 Å². The predicted octanol–water partition coefficient (Wildman–Crippen LogP) is 3.22. The van der Waals surface area contributed by atoms with Crippen LogP contribution in [0.5, 0.6) is 0 Å². The molecule has 0 atom stereocenters. The Morgan fingerprint density at radius 1 is 1.18 bits per heavy atom. The minimum atomic E-state index is -0.214. The van der Waals surface area contributed by atoms with E-state index in [0.29, 0.717) is 31.9 Å². The second-order valence-corrected chi connectivity index (χ2v) is 6.57. The van der Waals surface area contributed by atoms with Gasteiger partial charge in [-0.25, -0.2) is 9.18 Å². The molecule has 0 saturated carbocycles. The van der Waals surface area contributed by atoms with Crippen molar-refractivity contribution < 1.29 is 9.18 Å². The SMILES string of the molecule is CC(C)(C)/C=C/NC(=O)N1CCN(c2ccccc2F)CC1. The number of nitrogens with one attached hydrogen (secondary N) is 1. The molecule has 0 aromatic heterocycles. The van der Waals surface area contributed by atoms with E-state index in [1.54, 1.807) is 23.2 Å². The van der Waals surface area contributed by atoms with Gasteiger partial charge in [0, 0.05) is 32.4 Å². The lowest BCUT2D eigenvalue weighted by Gasteiger charge is -2.36. The van der Waals surface area contributed by atoms with E-state index in [0.717, 1.165) is 0 Å². The number of anilines is 1. The van der Waals surface area contributed by atoms with Crippen LogP contribution in [0.4, 0.5) is 14.9 Å². The number of piperazine rings is 1. The molecule has 120 valence electrons. The summed E-state index contributed by atoms with van der Waals surface area (Å²) in [6.45, 7) is 8.66. The van der Waals surface area contributed by atoms with Crippen molar-refractivity contribution in [1.82, 2.24) is 10.2 Å². The lowest BCUT2D eigenvalue weighted by molar-refractivity contribution is 0.198. The van der Waals surface area contributed by atoms with Gasteiger partial charge in [-0.2, -0.15) is 0 Å². The standard InChI is InChI=1S/C17H24FN3O/c1-17(2,3)8-9-19-16(22)21-12-10-20(11-13-21)15-7-5-4-6-14(15)18/h4-9H,10-13H2,1-3H3,(H,19,22)/b9-8+. The molecule has 22 heavy (non-hydrogen) atoms. The molecule has 1 fully saturated rings. The summed E-state index contributed by atoms with van der Waals surface area (Å²) in [5, 5.41) is 2.79. The summed E-state index contributed by atoms with van der Waals surface area (Å²) in [6, 6.07) is 6.65. The van der Waals surface area contributed by atoms with Crippen LogP contribution in [-0.2, 0) is 0 Å². The first-order chi connectivity index (χ1) is 10.4. The summed E-state index contributed by atoms with van der Waals surface area (Å²) in [7, 11) is 0. The second-order valence-electron chi connectivity index (χ2n) is 6.57. The number of hydrogen-bond donors (Lipinski definition) is 1. The molecule has 1 aliphatic rings. The Morgan fingerprint density at radius 2 is 1.82 bits per heavy atom. The second kappa shape index (κ2) is 6.81. The fourth-order valence-electron chi connectivity index (χ4n) is 2.31. The van der Waals surface area contributed by atoms with Gasteiger partial charge in [0.25, 0.3) is 0 Å². The van der Waals surface area contributed by atoms with Gasteiger partial charge in [0.05, 0.1) is 5.69 Å². The highest BCUT2D eigenvalue weighted by Crippen LogP contribution is 2.20. The van der Waals surface area contributed by atoms with Crippen molar-refractivity contribution in [3.05, 3.63) is 42.4 Å². The number of hydrogen-bond acceptors (Lipinski definition) is 2. The first kappa shape index (κ1) is 16.3. The van der Waals surface area contributed by atoms with E-state index < -0.39 is 0 Å². The number of halogens is 1. The maximum Gasteiger partial charge on any atom is 0.321 e. The molecule has 0 aliphatic carbocycles. The van der Waals surface area contributed by atoms with Gasteiger partial charge in [0.15, 0.2) is 0 Å². The predicted molar refractivity (Wildman–Crippen MR) is 87.3 cm³/mol. The third kappa shape index (κ3) is 4.48. The highest BCUT2D eigenvalue weighted by Gasteiger charge is 2.22. The zero-order valence-corrected chi connectivity index (χ0v) is 13.5. The molecule has 1 saturated heterocycles. The van der Waals surface area contributed by atoms with E-state index in [1.165, 1.54) is 6.07 Å². The van der Waals surface area contributed by atoms with Crippen molar-refractivity contribution in [3.8, 4) is 0 Å². The van der Waals surface area contributed by atoms with E-state index in [4.69, 9.17) is 0 Å². The molecule has 1 heterocycles. The molecule has 0 unspecified atom stereocenters.